The standard InChI is InChI=1S/C21H24ClN3/c22-18-10-4-3-9-17(18)15-25-20-12-6-5-11-19(20)23-21(25)16-24-13-7-1-2-8-14-24/h3-6,9-12H,1-2,7-8,13-16H2. The lowest BCUT2D eigenvalue weighted by atomic mass is 10.2. The smallest absolute Gasteiger partial charge is 0.124 e. The van der Waals surface area contributed by atoms with Gasteiger partial charge in [0.2, 0.25) is 0 Å². The average molecular weight is 354 g/mol. The van der Waals surface area contributed by atoms with E-state index in [0.29, 0.717) is 0 Å². The molecule has 1 aliphatic rings. The van der Waals surface area contributed by atoms with Crippen LogP contribution in [0.15, 0.2) is 48.5 Å². The third-order valence-electron chi connectivity index (χ3n) is 5.08. The quantitative estimate of drug-likeness (QED) is 0.649. The van der Waals surface area contributed by atoms with Crippen LogP contribution in [-0.4, -0.2) is 27.5 Å². The molecule has 0 spiro atoms. The molecule has 0 saturated carbocycles. The van der Waals surface area contributed by atoms with Crippen molar-refractivity contribution in [1.82, 2.24) is 14.5 Å². The van der Waals surface area contributed by atoms with Gasteiger partial charge in [-0.3, -0.25) is 4.90 Å². The van der Waals surface area contributed by atoms with Gasteiger partial charge in [0.05, 0.1) is 24.1 Å². The first-order chi connectivity index (χ1) is 12.3. The van der Waals surface area contributed by atoms with Crippen molar-refractivity contribution in [2.24, 2.45) is 0 Å². The topological polar surface area (TPSA) is 21.1 Å². The minimum atomic E-state index is 0.767. The van der Waals surface area contributed by atoms with E-state index in [1.54, 1.807) is 0 Å². The monoisotopic (exact) mass is 353 g/mol. The number of benzene rings is 2. The van der Waals surface area contributed by atoms with Crippen LogP contribution < -0.4 is 0 Å². The van der Waals surface area contributed by atoms with Crippen LogP contribution in [0.2, 0.25) is 5.02 Å². The van der Waals surface area contributed by atoms with E-state index in [2.05, 4.69) is 45.9 Å². The molecule has 1 aliphatic heterocycles. The van der Waals surface area contributed by atoms with Crippen molar-refractivity contribution in [3.05, 3.63) is 64.9 Å². The number of likely N-dealkylation sites (tertiary alicyclic amines) is 1. The Balaban J connectivity index is 1.69. The number of fused-ring (bicyclic) bond motifs is 1. The minimum absolute atomic E-state index is 0.767. The maximum absolute atomic E-state index is 6.41. The normalized spacial score (nSPS) is 16.2. The van der Waals surface area contributed by atoms with E-state index < -0.39 is 0 Å². The molecule has 2 aromatic carbocycles. The summed E-state index contributed by atoms with van der Waals surface area (Å²) in [6, 6.07) is 16.5. The molecule has 25 heavy (non-hydrogen) atoms. The summed E-state index contributed by atoms with van der Waals surface area (Å²) in [5, 5.41) is 0.820. The van der Waals surface area contributed by atoms with Crippen molar-refractivity contribution in [3.63, 3.8) is 0 Å². The molecule has 1 aromatic heterocycles. The molecule has 2 heterocycles. The van der Waals surface area contributed by atoms with Crippen LogP contribution in [0.1, 0.15) is 37.1 Å². The maximum atomic E-state index is 6.41. The van der Waals surface area contributed by atoms with E-state index in [4.69, 9.17) is 16.6 Å². The summed E-state index contributed by atoms with van der Waals surface area (Å²) in [5.74, 6) is 1.14. The summed E-state index contributed by atoms with van der Waals surface area (Å²) < 4.78 is 2.33. The molecular formula is C21H24ClN3. The number of hydrogen-bond donors (Lipinski definition) is 0. The molecule has 0 radical (unpaired) electrons. The third-order valence-corrected chi connectivity index (χ3v) is 5.45. The molecule has 1 fully saturated rings. The van der Waals surface area contributed by atoms with Gasteiger partial charge in [0.25, 0.3) is 0 Å². The third kappa shape index (κ3) is 3.73. The number of aromatic nitrogens is 2. The lowest BCUT2D eigenvalue weighted by Crippen LogP contribution is -2.26. The fourth-order valence-corrected chi connectivity index (χ4v) is 3.91. The highest BCUT2D eigenvalue weighted by atomic mass is 35.5. The van der Waals surface area contributed by atoms with Gasteiger partial charge in [-0.2, -0.15) is 0 Å². The second-order valence-corrected chi connectivity index (χ2v) is 7.29. The van der Waals surface area contributed by atoms with E-state index in [-0.39, 0.29) is 0 Å². The van der Waals surface area contributed by atoms with Gasteiger partial charge in [-0.05, 0) is 49.7 Å². The van der Waals surface area contributed by atoms with Crippen molar-refractivity contribution in [1.29, 1.82) is 0 Å². The van der Waals surface area contributed by atoms with Crippen LogP contribution in [0.3, 0.4) is 0 Å². The van der Waals surface area contributed by atoms with Crippen LogP contribution >= 0.6 is 11.6 Å². The molecule has 1 saturated heterocycles. The van der Waals surface area contributed by atoms with E-state index in [9.17, 15) is 0 Å². The van der Waals surface area contributed by atoms with Gasteiger partial charge >= 0.3 is 0 Å². The molecule has 0 amide bonds. The predicted octanol–water partition coefficient (Wildman–Crippen LogP) is 5.11. The van der Waals surface area contributed by atoms with Crippen LogP contribution in [-0.2, 0) is 13.1 Å². The summed E-state index contributed by atoms with van der Waals surface area (Å²) in [7, 11) is 0. The average Bonchev–Trinajstić information content (AvgIpc) is 2.79. The Morgan fingerprint density at radius 1 is 0.840 bits per heavy atom. The number of para-hydroxylation sites is 2. The van der Waals surface area contributed by atoms with Crippen molar-refractivity contribution < 1.29 is 0 Å². The first-order valence-corrected chi connectivity index (χ1v) is 9.59. The highest BCUT2D eigenvalue weighted by Crippen LogP contribution is 2.23. The second kappa shape index (κ2) is 7.59. The molecule has 4 heteroatoms. The SMILES string of the molecule is Clc1ccccc1Cn1c(CN2CCCCCC2)nc2ccccc21. The molecule has 3 nitrogen and oxygen atoms in total. The van der Waals surface area contributed by atoms with E-state index in [0.717, 1.165) is 35.0 Å². The van der Waals surface area contributed by atoms with Crippen LogP contribution in [0.4, 0.5) is 0 Å². The van der Waals surface area contributed by atoms with Crippen molar-refractivity contribution in [3.8, 4) is 0 Å². The van der Waals surface area contributed by atoms with Gasteiger partial charge in [-0.1, -0.05) is 54.8 Å². The van der Waals surface area contributed by atoms with Crippen LogP contribution in [0.5, 0.6) is 0 Å². The Bertz CT molecular complexity index is 847. The van der Waals surface area contributed by atoms with E-state index in [1.165, 1.54) is 44.3 Å². The summed E-state index contributed by atoms with van der Waals surface area (Å²) >= 11 is 6.41. The molecule has 0 unspecified atom stereocenters. The number of imidazole rings is 1. The maximum Gasteiger partial charge on any atom is 0.124 e. The molecule has 0 bridgehead atoms. The van der Waals surface area contributed by atoms with Gasteiger partial charge in [-0.25, -0.2) is 4.98 Å². The summed E-state index contributed by atoms with van der Waals surface area (Å²) in [6.07, 6.45) is 5.30. The summed E-state index contributed by atoms with van der Waals surface area (Å²) in [6.45, 7) is 4.03. The summed E-state index contributed by atoms with van der Waals surface area (Å²) in [5.41, 5.74) is 3.40. The largest absolute Gasteiger partial charge is 0.322 e. The number of hydrogen-bond acceptors (Lipinski definition) is 2. The lowest BCUT2D eigenvalue weighted by Gasteiger charge is -2.20. The van der Waals surface area contributed by atoms with Crippen molar-refractivity contribution in [2.45, 2.75) is 38.8 Å². The van der Waals surface area contributed by atoms with Gasteiger partial charge in [0.1, 0.15) is 5.82 Å². The van der Waals surface area contributed by atoms with Crippen LogP contribution in [0.25, 0.3) is 11.0 Å². The first-order valence-electron chi connectivity index (χ1n) is 9.21. The first kappa shape index (κ1) is 16.6. The van der Waals surface area contributed by atoms with E-state index >= 15 is 0 Å². The molecule has 3 aromatic rings. The van der Waals surface area contributed by atoms with Gasteiger partial charge in [-0.15, -0.1) is 0 Å². The van der Waals surface area contributed by atoms with Gasteiger partial charge in [0.15, 0.2) is 0 Å². The zero-order valence-electron chi connectivity index (χ0n) is 14.5. The number of rotatable bonds is 4. The molecule has 0 N–H and O–H groups in total. The van der Waals surface area contributed by atoms with Crippen LogP contribution in [0, 0.1) is 0 Å². The Hall–Kier alpha value is -1.84. The fraction of sp³-hybridized carbons (Fsp3) is 0.381. The molecule has 0 aliphatic carbocycles. The number of nitrogens with zero attached hydrogens (tertiary/aromatic N) is 3. The Morgan fingerprint density at radius 2 is 1.56 bits per heavy atom. The molecular weight excluding hydrogens is 330 g/mol. The predicted molar refractivity (Wildman–Crippen MR) is 104 cm³/mol. The van der Waals surface area contributed by atoms with Crippen molar-refractivity contribution >= 4 is 22.6 Å². The highest BCUT2D eigenvalue weighted by molar-refractivity contribution is 6.31. The zero-order chi connectivity index (χ0) is 17.1. The Labute approximate surface area is 154 Å². The number of halogens is 1. The molecule has 4 rings (SSSR count). The molecule has 0 atom stereocenters. The van der Waals surface area contributed by atoms with E-state index in [1.807, 2.05) is 12.1 Å². The minimum Gasteiger partial charge on any atom is -0.322 e. The fourth-order valence-electron chi connectivity index (χ4n) is 3.71. The van der Waals surface area contributed by atoms with Gasteiger partial charge < -0.3 is 4.57 Å². The Kier molecular flexibility index (Phi) is 5.04. The second-order valence-electron chi connectivity index (χ2n) is 6.88. The summed E-state index contributed by atoms with van der Waals surface area (Å²) in [4.78, 5) is 7.49. The molecule has 130 valence electrons. The Morgan fingerprint density at radius 3 is 2.36 bits per heavy atom. The highest BCUT2D eigenvalue weighted by Gasteiger charge is 2.16. The zero-order valence-corrected chi connectivity index (χ0v) is 15.3. The lowest BCUT2D eigenvalue weighted by molar-refractivity contribution is 0.267. The van der Waals surface area contributed by atoms with Crippen molar-refractivity contribution in [2.75, 3.05) is 13.1 Å². The van der Waals surface area contributed by atoms with Gasteiger partial charge in [0, 0.05) is 5.02 Å².